The van der Waals surface area contributed by atoms with E-state index < -0.39 is 5.41 Å². The average Bonchev–Trinajstić information content (AvgIpc) is 3.87. The lowest BCUT2D eigenvalue weighted by Crippen LogP contribution is -2.73. The van der Waals surface area contributed by atoms with Gasteiger partial charge in [0, 0.05) is 22.2 Å². The molecule has 55 heavy (non-hydrogen) atoms. The first-order valence-corrected chi connectivity index (χ1v) is 20.9. The SMILES string of the molecule is CC12C(=C3Cc4ccccc4C3=C3C=CCCC31)C(C)(C(c1ccc3ccccc3c1)(c1ccc3ccccc3c1)C1C=CC=C1)C(C)(C)C(C)(C)C2(C)C. The van der Waals surface area contributed by atoms with Crippen molar-refractivity contribution in [2.45, 2.75) is 80.1 Å². The van der Waals surface area contributed by atoms with Gasteiger partial charge in [-0.1, -0.05) is 207 Å². The molecular weight excluding hydrogens is 661 g/mol. The quantitative estimate of drug-likeness (QED) is 0.174. The highest BCUT2D eigenvalue weighted by Gasteiger charge is 2.77. The van der Waals surface area contributed by atoms with Crippen LogP contribution in [0.3, 0.4) is 0 Å². The molecule has 0 bridgehead atoms. The Labute approximate surface area is 329 Å². The predicted molar refractivity (Wildman–Crippen MR) is 234 cm³/mol. The van der Waals surface area contributed by atoms with E-state index in [-0.39, 0.29) is 33.0 Å². The Morgan fingerprint density at radius 1 is 0.582 bits per heavy atom. The molecule has 10 rings (SSSR count). The minimum Gasteiger partial charge on any atom is -0.0842 e. The van der Waals surface area contributed by atoms with E-state index in [4.69, 9.17) is 0 Å². The van der Waals surface area contributed by atoms with E-state index in [0.29, 0.717) is 5.92 Å². The van der Waals surface area contributed by atoms with Crippen LogP contribution in [0, 0.1) is 38.9 Å². The van der Waals surface area contributed by atoms with E-state index >= 15 is 0 Å². The second-order valence-electron chi connectivity index (χ2n) is 19.5. The first-order chi connectivity index (χ1) is 26.3. The van der Waals surface area contributed by atoms with Crippen molar-refractivity contribution in [2.75, 3.05) is 0 Å². The highest BCUT2D eigenvalue weighted by atomic mass is 14.8. The molecule has 5 aromatic rings. The van der Waals surface area contributed by atoms with Gasteiger partial charge in [-0.2, -0.15) is 0 Å². The molecule has 0 spiro atoms. The first kappa shape index (κ1) is 34.8. The van der Waals surface area contributed by atoms with E-state index in [1.807, 2.05) is 0 Å². The van der Waals surface area contributed by atoms with Crippen LogP contribution in [-0.4, -0.2) is 0 Å². The molecule has 0 heteroatoms. The molecule has 3 unspecified atom stereocenters. The minimum absolute atomic E-state index is 0.0351. The number of allylic oxidation sites excluding steroid dienone is 10. The fourth-order valence-corrected chi connectivity index (χ4v) is 13.7. The summed E-state index contributed by atoms with van der Waals surface area (Å²) in [6.07, 6.45) is 18.1. The molecule has 5 aromatic carbocycles. The molecule has 5 aliphatic carbocycles. The first-order valence-electron chi connectivity index (χ1n) is 20.9. The Balaban J connectivity index is 1.45. The van der Waals surface area contributed by atoms with Crippen molar-refractivity contribution in [2.24, 2.45) is 38.9 Å². The van der Waals surface area contributed by atoms with Crippen molar-refractivity contribution >= 4 is 27.1 Å². The summed E-state index contributed by atoms with van der Waals surface area (Å²) in [5.74, 6) is 0.556. The lowest BCUT2D eigenvalue weighted by molar-refractivity contribution is -0.212. The Bertz CT molecular complexity index is 2500. The van der Waals surface area contributed by atoms with Gasteiger partial charge in [0.05, 0.1) is 0 Å². The molecule has 0 N–H and O–H groups in total. The molecule has 1 fully saturated rings. The summed E-state index contributed by atoms with van der Waals surface area (Å²) in [7, 11) is 0. The van der Waals surface area contributed by atoms with Crippen LogP contribution in [0.4, 0.5) is 0 Å². The summed E-state index contributed by atoms with van der Waals surface area (Å²) in [4.78, 5) is 0. The smallest absolute Gasteiger partial charge is 0.0396 e. The van der Waals surface area contributed by atoms with Gasteiger partial charge in [-0.3, -0.25) is 0 Å². The van der Waals surface area contributed by atoms with Crippen LogP contribution in [0.25, 0.3) is 27.1 Å². The second-order valence-corrected chi connectivity index (χ2v) is 19.5. The fourth-order valence-electron chi connectivity index (χ4n) is 13.7. The van der Waals surface area contributed by atoms with E-state index in [1.54, 1.807) is 22.3 Å². The van der Waals surface area contributed by atoms with Crippen LogP contribution in [0.2, 0.25) is 0 Å². The molecule has 0 amide bonds. The Kier molecular flexibility index (Phi) is 7.24. The third kappa shape index (κ3) is 4.04. The zero-order chi connectivity index (χ0) is 38.2. The normalized spacial score (nSPS) is 27.4. The predicted octanol–water partition coefficient (Wildman–Crippen LogP) is 14.4. The van der Waals surface area contributed by atoms with Gasteiger partial charge < -0.3 is 0 Å². The number of benzene rings is 5. The van der Waals surface area contributed by atoms with Crippen molar-refractivity contribution in [1.82, 2.24) is 0 Å². The van der Waals surface area contributed by atoms with Gasteiger partial charge in [0.25, 0.3) is 0 Å². The molecular formula is C55H56. The average molecular weight is 717 g/mol. The van der Waals surface area contributed by atoms with Gasteiger partial charge in [-0.05, 0) is 102 Å². The van der Waals surface area contributed by atoms with Crippen LogP contribution in [0.5, 0.6) is 0 Å². The maximum absolute atomic E-state index is 2.76. The zero-order valence-corrected chi connectivity index (χ0v) is 34.1. The van der Waals surface area contributed by atoms with Gasteiger partial charge in [-0.25, -0.2) is 0 Å². The molecule has 1 saturated carbocycles. The van der Waals surface area contributed by atoms with Gasteiger partial charge in [-0.15, -0.1) is 0 Å². The van der Waals surface area contributed by atoms with E-state index in [2.05, 4.69) is 201 Å². The van der Waals surface area contributed by atoms with Gasteiger partial charge in [0.2, 0.25) is 0 Å². The topological polar surface area (TPSA) is 0 Å². The highest BCUT2D eigenvalue weighted by molar-refractivity contribution is 5.93. The zero-order valence-electron chi connectivity index (χ0n) is 34.1. The molecule has 0 aliphatic heterocycles. The molecule has 0 aromatic heterocycles. The van der Waals surface area contributed by atoms with Crippen molar-refractivity contribution in [3.8, 4) is 0 Å². The molecule has 276 valence electrons. The van der Waals surface area contributed by atoms with E-state index in [0.717, 1.165) is 12.8 Å². The molecule has 5 aliphatic rings. The van der Waals surface area contributed by atoms with Crippen molar-refractivity contribution in [3.05, 3.63) is 185 Å². The summed E-state index contributed by atoms with van der Waals surface area (Å²) in [5.41, 5.74) is 11.0. The molecule has 3 atom stereocenters. The third-order valence-electron chi connectivity index (χ3n) is 17.7. The Hall–Kier alpha value is -4.68. The highest BCUT2D eigenvalue weighted by Crippen LogP contribution is 2.83. The van der Waals surface area contributed by atoms with Crippen LogP contribution in [-0.2, 0) is 11.8 Å². The van der Waals surface area contributed by atoms with Crippen LogP contribution in [0.1, 0.15) is 90.5 Å². The van der Waals surface area contributed by atoms with Crippen molar-refractivity contribution < 1.29 is 0 Å². The van der Waals surface area contributed by atoms with Crippen LogP contribution < -0.4 is 0 Å². The summed E-state index contributed by atoms with van der Waals surface area (Å²) >= 11 is 0. The van der Waals surface area contributed by atoms with Crippen molar-refractivity contribution in [1.29, 1.82) is 0 Å². The van der Waals surface area contributed by atoms with Gasteiger partial charge >= 0.3 is 0 Å². The van der Waals surface area contributed by atoms with Gasteiger partial charge in [0.1, 0.15) is 0 Å². The standard InChI is InChI=1S/C55H56/c1-50(2)51(3,4)53(7)47-28-18-17-27-45(47)48-44-26-16-13-23-40(44)35-46(48)49(53)54(8,52(50,5)6)55(41-24-14-15-25-41,42-31-29-36-19-9-11-21-38(36)33-42)43-32-30-37-20-10-12-22-39(37)34-43/h9-17,19-27,29-34,41,47H,18,28,35H2,1-8H3. The van der Waals surface area contributed by atoms with Crippen LogP contribution in [0.15, 0.2) is 162 Å². The Morgan fingerprint density at radius 2 is 1.15 bits per heavy atom. The summed E-state index contributed by atoms with van der Waals surface area (Å²) < 4.78 is 0. The second kappa shape index (κ2) is 11.4. The number of hydrogen-bond donors (Lipinski definition) is 0. The summed E-state index contributed by atoms with van der Waals surface area (Å²) in [6.45, 7) is 21.4. The van der Waals surface area contributed by atoms with Crippen LogP contribution >= 0.6 is 0 Å². The molecule has 0 saturated heterocycles. The summed E-state index contributed by atoms with van der Waals surface area (Å²) in [6, 6.07) is 42.4. The maximum atomic E-state index is 2.76. The van der Waals surface area contributed by atoms with Gasteiger partial charge in [0.15, 0.2) is 0 Å². The molecule has 0 nitrogen and oxygen atoms in total. The lowest BCUT2D eigenvalue weighted by atomic mass is 9.25. The van der Waals surface area contributed by atoms with E-state index in [9.17, 15) is 0 Å². The lowest BCUT2D eigenvalue weighted by Gasteiger charge is -2.78. The Morgan fingerprint density at radius 3 is 1.76 bits per heavy atom. The maximum Gasteiger partial charge on any atom is 0.0396 e. The molecule has 0 heterocycles. The van der Waals surface area contributed by atoms with Crippen molar-refractivity contribution in [3.63, 3.8) is 0 Å². The largest absolute Gasteiger partial charge is 0.0842 e. The minimum atomic E-state index is -0.465. The number of rotatable bonds is 4. The summed E-state index contributed by atoms with van der Waals surface area (Å²) in [5, 5.41) is 5.21. The monoisotopic (exact) mass is 716 g/mol. The van der Waals surface area contributed by atoms with E-state index in [1.165, 1.54) is 50.2 Å². The number of fused-ring (bicyclic) bond motifs is 8. The third-order valence-corrected chi connectivity index (χ3v) is 17.7. The fraction of sp³-hybridized carbons (Fsp3) is 0.345. The number of hydrogen-bond acceptors (Lipinski definition) is 0. The molecule has 0 radical (unpaired) electrons.